The van der Waals surface area contributed by atoms with Crippen LogP contribution in [0.25, 0.3) is 0 Å². The highest BCUT2D eigenvalue weighted by Crippen LogP contribution is 2.23. The highest BCUT2D eigenvalue weighted by molar-refractivity contribution is 5.19. The third kappa shape index (κ3) is 4.47. The molecule has 0 fully saturated rings. The number of rotatable bonds is 5. The second-order valence-electron chi connectivity index (χ2n) is 5.84. The van der Waals surface area contributed by atoms with Crippen LogP contribution in [-0.2, 0) is 6.42 Å². The maximum atomic E-state index is 4.50. The van der Waals surface area contributed by atoms with Gasteiger partial charge in [0, 0.05) is 24.4 Å². The van der Waals surface area contributed by atoms with E-state index in [-0.39, 0.29) is 5.41 Å². The Morgan fingerprint density at radius 3 is 2.59 bits per heavy atom. The van der Waals surface area contributed by atoms with E-state index in [9.17, 15) is 0 Å². The SMILES string of the molecule is CCCNC(Cc1ncccc1C)C(C)(C)C. The fraction of sp³-hybridized carbons (Fsp3) is 0.667. The molecule has 0 bridgehead atoms. The minimum atomic E-state index is 0.263. The van der Waals surface area contributed by atoms with Crippen LogP contribution in [0.1, 0.15) is 45.4 Å². The summed E-state index contributed by atoms with van der Waals surface area (Å²) in [5.41, 5.74) is 2.77. The fourth-order valence-electron chi connectivity index (χ4n) is 1.93. The lowest BCUT2D eigenvalue weighted by Gasteiger charge is -2.32. The predicted octanol–water partition coefficient (Wildman–Crippen LogP) is 3.35. The summed E-state index contributed by atoms with van der Waals surface area (Å²) in [5.74, 6) is 0. The molecule has 0 aliphatic rings. The van der Waals surface area contributed by atoms with Gasteiger partial charge in [-0.25, -0.2) is 0 Å². The molecule has 1 atom stereocenters. The summed E-state index contributed by atoms with van der Waals surface area (Å²) >= 11 is 0. The van der Waals surface area contributed by atoms with E-state index >= 15 is 0 Å². The highest BCUT2D eigenvalue weighted by Gasteiger charge is 2.24. The van der Waals surface area contributed by atoms with E-state index in [0.717, 1.165) is 13.0 Å². The zero-order valence-electron chi connectivity index (χ0n) is 11.9. The predicted molar refractivity (Wildman–Crippen MR) is 74.2 cm³/mol. The first-order valence-electron chi connectivity index (χ1n) is 6.59. The molecule has 1 aromatic heterocycles. The van der Waals surface area contributed by atoms with Gasteiger partial charge in [0.1, 0.15) is 0 Å². The van der Waals surface area contributed by atoms with Gasteiger partial charge in [-0.3, -0.25) is 4.98 Å². The van der Waals surface area contributed by atoms with Crippen LogP contribution in [0.15, 0.2) is 18.3 Å². The van der Waals surface area contributed by atoms with Crippen LogP contribution in [0.2, 0.25) is 0 Å². The number of nitrogens with one attached hydrogen (secondary N) is 1. The normalized spacial score (nSPS) is 13.7. The van der Waals surface area contributed by atoms with E-state index < -0.39 is 0 Å². The van der Waals surface area contributed by atoms with Gasteiger partial charge in [0.25, 0.3) is 0 Å². The van der Waals surface area contributed by atoms with E-state index in [1.165, 1.54) is 17.7 Å². The maximum Gasteiger partial charge on any atom is 0.0448 e. The number of aromatic nitrogens is 1. The lowest BCUT2D eigenvalue weighted by atomic mass is 9.83. The molecule has 1 heterocycles. The second kappa shape index (κ2) is 6.15. The Kier molecular flexibility index (Phi) is 5.13. The van der Waals surface area contributed by atoms with E-state index in [4.69, 9.17) is 0 Å². The van der Waals surface area contributed by atoms with Crippen LogP contribution >= 0.6 is 0 Å². The van der Waals surface area contributed by atoms with Crippen molar-refractivity contribution in [2.45, 2.75) is 53.5 Å². The number of aryl methyl sites for hydroxylation is 1. The maximum absolute atomic E-state index is 4.50. The average Bonchev–Trinajstić information content (AvgIpc) is 2.25. The first kappa shape index (κ1) is 14.2. The minimum absolute atomic E-state index is 0.263. The molecule has 0 aliphatic carbocycles. The third-order valence-electron chi connectivity index (χ3n) is 3.20. The summed E-state index contributed by atoms with van der Waals surface area (Å²) in [6.45, 7) is 12.3. The zero-order valence-corrected chi connectivity index (χ0v) is 11.9. The summed E-state index contributed by atoms with van der Waals surface area (Å²) in [5, 5.41) is 3.65. The number of nitrogens with zero attached hydrogens (tertiary/aromatic N) is 1. The summed E-state index contributed by atoms with van der Waals surface area (Å²) in [6, 6.07) is 4.63. The standard InChI is InChI=1S/C15H26N2/c1-6-9-17-14(15(3,4)5)11-13-12(2)8-7-10-16-13/h7-8,10,14,17H,6,9,11H2,1-5H3. The molecule has 0 saturated heterocycles. The molecule has 1 rings (SSSR count). The highest BCUT2D eigenvalue weighted by atomic mass is 14.9. The van der Waals surface area contributed by atoms with E-state index in [1.807, 2.05) is 12.3 Å². The molecule has 96 valence electrons. The van der Waals surface area contributed by atoms with Gasteiger partial charge in [0.2, 0.25) is 0 Å². The molecule has 17 heavy (non-hydrogen) atoms. The molecule has 0 amide bonds. The molecule has 2 nitrogen and oxygen atoms in total. The van der Waals surface area contributed by atoms with Crippen LogP contribution < -0.4 is 5.32 Å². The van der Waals surface area contributed by atoms with Gasteiger partial charge in [-0.15, -0.1) is 0 Å². The Bertz CT molecular complexity index is 339. The Hall–Kier alpha value is -0.890. The molecule has 0 spiro atoms. The van der Waals surface area contributed by atoms with Crippen molar-refractivity contribution in [3.8, 4) is 0 Å². The van der Waals surface area contributed by atoms with Gasteiger partial charge in [0.05, 0.1) is 0 Å². The van der Waals surface area contributed by atoms with E-state index in [2.05, 4.69) is 51.0 Å². The van der Waals surface area contributed by atoms with Crippen molar-refractivity contribution in [3.05, 3.63) is 29.6 Å². The van der Waals surface area contributed by atoms with Crippen molar-refractivity contribution < 1.29 is 0 Å². The monoisotopic (exact) mass is 234 g/mol. The van der Waals surface area contributed by atoms with E-state index in [0.29, 0.717) is 6.04 Å². The van der Waals surface area contributed by atoms with Gasteiger partial charge in [-0.1, -0.05) is 33.8 Å². The van der Waals surface area contributed by atoms with Gasteiger partial charge in [-0.05, 0) is 36.9 Å². The van der Waals surface area contributed by atoms with Crippen LogP contribution in [0.3, 0.4) is 0 Å². The summed E-state index contributed by atoms with van der Waals surface area (Å²) in [4.78, 5) is 4.50. The van der Waals surface area contributed by atoms with Crippen LogP contribution in [0.4, 0.5) is 0 Å². The Morgan fingerprint density at radius 2 is 2.06 bits per heavy atom. The Morgan fingerprint density at radius 1 is 1.35 bits per heavy atom. The first-order chi connectivity index (χ1) is 7.95. The first-order valence-corrected chi connectivity index (χ1v) is 6.59. The second-order valence-corrected chi connectivity index (χ2v) is 5.84. The number of pyridine rings is 1. The van der Waals surface area contributed by atoms with Gasteiger partial charge in [-0.2, -0.15) is 0 Å². The van der Waals surface area contributed by atoms with E-state index in [1.54, 1.807) is 0 Å². The molecule has 0 aromatic carbocycles. The lowest BCUT2D eigenvalue weighted by Crippen LogP contribution is -2.42. The van der Waals surface area contributed by atoms with Crippen LogP contribution in [0, 0.1) is 12.3 Å². The smallest absolute Gasteiger partial charge is 0.0448 e. The van der Waals surface area contributed by atoms with Crippen molar-refractivity contribution in [1.29, 1.82) is 0 Å². The van der Waals surface area contributed by atoms with Crippen molar-refractivity contribution in [1.82, 2.24) is 10.3 Å². The van der Waals surface area contributed by atoms with Crippen molar-refractivity contribution in [2.24, 2.45) is 5.41 Å². The Balaban J connectivity index is 2.76. The fourth-order valence-corrected chi connectivity index (χ4v) is 1.93. The van der Waals surface area contributed by atoms with Crippen LogP contribution in [0.5, 0.6) is 0 Å². The van der Waals surface area contributed by atoms with Gasteiger partial charge in [0.15, 0.2) is 0 Å². The lowest BCUT2D eigenvalue weighted by molar-refractivity contribution is 0.265. The largest absolute Gasteiger partial charge is 0.313 e. The summed E-state index contributed by atoms with van der Waals surface area (Å²) in [7, 11) is 0. The number of hydrogen-bond donors (Lipinski definition) is 1. The molecular weight excluding hydrogens is 208 g/mol. The van der Waals surface area contributed by atoms with Crippen molar-refractivity contribution in [3.63, 3.8) is 0 Å². The molecular formula is C15H26N2. The molecule has 0 saturated carbocycles. The van der Waals surface area contributed by atoms with Gasteiger partial charge < -0.3 is 5.32 Å². The molecule has 1 unspecified atom stereocenters. The average molecular weight is 234 g/mol. The van der Waals surface area contributed by atoms with Crippen LogP contribution in [-0.4, -0.2) is 17.6 Å². The topological polar surface area (TPSA) is 24.9 Å². The third-order valence-corrected chi connectivity index (χ3v) is 3.20. The van der Waals surface area contributed by atoms with Gasteiger partial charge >= 0.3 is 0 Å². The quantitative estimate of drug-likeness (QED) is 0.845. The zero-order chi connectivity index (χ0) is 12.9. The Labute approximate surface area is 106 Å². The number of hydrogen-bond acceptors (Lipinski definition) is 2. The minimum Gasteiger partial charge on any atom is -0.313 e. The van der Waals surface area contributed by atoms with Crippen molar-refractivity contribution >= 4 is 0 Å². The molecule has 2 heteroatoms. The molecule has 1 aromatic rings. The molecule has 1 N–H and O–H groups in total. The summed E-state index contributed by atoms with van der Waals surface area (Å²) in [6.07, 6.45) is 4.08. The molecule has 0 radical (unpaired) electrons. The van der Waals surface area contributed by atoms with Crippen molar-refractivity contribution in [2.75, 3.05) is 6.54 Å². The summed E-state index contributed by atoms with van der Waals surface area (Å²) < 4.78 is 0. The molecule has 0 aliphatic heterocycles.